The van der Waals surface area contributed by atoms with Gasteiger partial charge in [-0.2, -0.15) is 0 Å². The van der Waals surface area contributed by atoms with E-state index in [2.05, 4.69) is 5.32 Å². The number of methoxy groups -OCH3 is 1. The van der Waals surface area contributed by atoms with E-state index in [1.807, 2.05) is 13.8 Å². The fourth-order valence-corrected chi connectivity index (χ4v) is 3.40. The van der Waals surface area contributed by atoms with Crippen LogP contribution >= 0.6 is 0 Å². The average Bonchev–Trinajstić information content (AvgIpc) is 2.89. The lowest BCUT2D eigenvalue weighted by molar-refractivity contribution is -0.123. The van der Waals surface area contributed by atoms with Crippen molar-refractivity contribution >= 4 is 23.3 Å². The van der Waals surface area contributed by atoms with Crippen molar-refractivity contribution in [3.63, 3.8) is 0 Å². The van der Waals surface area contributed by atoms with Gasteiger partial charge in [-0.3, -0.25) is 9.59 Å². The van der Waals surface area contributed by atoms with Crippen molar-refractivity contribution in [3.05, 3.63) is 83.4 Å². The first kappa shape index (κ1) is 26.3. The molecule has 1 unspecified atom stereocenters. The van der Waals surface area contributed by atoms with E-state index in [1.165, 1.54) is 19.1 Å². The molecular formula is C28H29NO7. The quantitative estimate of drug-likeness (QED) is 0.301. The Morgan fingerprint density at radius 1 is 0.833 bits per heavy atom. The third kappa shape index (κ3) is 6.41. The van der Waals surface area contributed by atoms with E-state index >= 15 is 0 Å². The van der Waals surface area contributed by atoms with Crippen LogP contribution in [-0.4, -0.2) is 44.1 Å². The Kier molecular flexibility index (Phi) is 9.05. The van der Waals surface area contributed by atoms with E-state index in [0.717, 1.165) is 0 Å². The molecular weight excluding hydrogens is 462 g/mol. The summed E-state index contributed by atoms with van der Waals surface area (Å²) >= 11 is 0. The minimum absolute atomic E-state index is 0.0541. The fourth-order valence-electron chi connectivity index (χ4n) is 3.40. The Morgan fingerprint density at radius 2 is 1.47 bits per heavy atom. The van der Waals surface area contributed by atoms with Gasteiger partial charge in [-0.1, -0.05) is 18.2 Å². The molecule has 3 aromatic rings. The molecule has 0 bridgehead atoms. The maximum atomic E-state index is 13.3. The highest BCUT2D eigenvalue weighted by Gasteiger charge is 2.24. The summed E-state index contributed by atoms with van der Waals surface area (Å²) in [6, 6.07) is 17.9. The molecule has 1 amide bonds. The van der Waals surface area contributed by atoms with Gasteiger partial charge in [0.2, 0.25) is 0 Å². The van der Waals surface area contributed by atoms with E-state index in [0.29, 0.717) is 41.7 Å². The van der Waals surface area contributed by atoms with Gasteiger partial charge in [0.15, 0.2) is 23.4 Å². The second-order valence-electron chi connectivity index (χ2n) is 7.67. The molecule has 0 heterocycles. The Hall–Kier alpha value is -4.33. The molecule has 188 valence electrons. The van der Waals surface area contributed by atoms with Gasteiger partial charge in [0.25, 0.3) is 5.91 Å². The zero-order chi connectivity index (χ0) is 26.1. The van der Waals surface area contributed by atoms with Crippen molar-refractivity contribution < 1.29 is 33.3 Å². The highest BCUT2D eigenvalue weighted by atomic mass is 16.5. The van der Waals surface area contributed by atoms with E-state index in [-0.39, 0.29) is 16.9 Å². The number of rotatable bonds is 11. The van der Waals surface area contributed by atoms with Crippen LogP contribution in [0.5, 0.6) is 17.2 Å². The van der Waals surface area contributed by atoms with E-state index < -0.39 is 18.0 Å². The highest BCUT2D eigenvalue weighted by Crippen LogP contribution is 2.30. The summed E-state index contributed by atoms with van der Waals surface area (Å²) in [5.41, 5.74) is 1.06. The van der Waals surface area contributed by atoms with Gasteiger partial charge in [-0.25, -0.2) is 4.79 Å². The number of anilines is 1. The van der Waals surface area contributed by atoms with Crippen molar-refractivity contribution in [2.24, 2.45) is 0 Å². The molecule has 0 aliphatic rings. The standard InChI is InChI=1S/C28H29NO7/c1-5-34-24-16-11-19(17-25(24)35-6-2)26(30)22-9-7-8-10-23(22)28(32)36-18(3)27(31)29-20-12-14-21(33-4)15-13-20/h7-18H,5-6H2,1-4H3,(H,29,31). The largest absolute Gasteiger partial charge is 0.497 e. The van der Waals surface area contributed by atoms with Gasteiger partial charge in [0.1, 0.15) is 5.75 Å². The monoisotopic (exact) mass is 491 g/mol. The predicted octanol–water partition coefficient (Wildman–Crippen LogP) is 4.91. The molecule has 3 rings (SSSR count). The topological polar surface area (TPSA) is 100 Å². The van der Waals surface area contributed by atoms with Crippen LogP contribution in [0.2, 0.25) is 0 Å². The van der Waals surface area contributed by atoms with Crippen LogP contribution in [-0.2, 0) is 9.53 Å². The maximum absolute atomic E-state index is 13.3. The van der Waals surface area contributed by atoms with Crippen LogP contribution in [0.25, 0.3) is 0 Å². The molecule has 0 saturated carbocycles. The molecule has 1 N–H and O–H groups in total. The number of nitrogens with one attached hydrogen (secondary N) is 1. The van der Waals surface area contributed by atoms with Crippen molar-refractivity contribution in [1.29, 1.82) is 0 Å². The number of benzene rings is 3. The van der Waals surface area contributed by atoms with Crippen LogP contribution in [0, 0.1) is 0 Å². The predicted molar refractivity (Wildman–Crippen MR) is 135 cm³/mol. The summed E-state index contributed by atoms with van der Waals surface area (Å²) in [6.45, 7) is 6.00. The third-order valence-electron chi connectivity index (χ3n) is 5.21. The van der Waals surface area contributed by atoms with Crippen LogP contribution in [0.1, 0.15) is 47.1 Å². The average molecular weight is 492 g/mol. The molecule has 0 spiro atoms. The van der Waals surface area contributed by atoms with E-state index in [9.17, 15) is 14.4 Å². The second kappa shape index (κ2) is 12.4. The third-order valence-corrected chi connectivity index (χ3v) is 5.21. The van der Waals surface area contributed by atoms with Gasteiger partial charge >= 0.3 is 5.97 Å². The van der Waals surface area contributed by atoms with Crippen molar-refractivity contribution in [1.82, 2.24) is 0 Å². The normalized spacial score (nSPS) is 11.2. The molecule has 0 aliphatic carbocycles. The van der Waals surface area contributed by atoms with Crippen molar-refractivity contribution in [3.8, 4) is 17.2 Å². The zero-order valence-corrected chi connectivity index (χ0v) is 20.7. The number of carbonyl (C=O) groups excluding carboxylic acids is 3. The molecule has 8 nitrogen and oxygen atoms in total. The van der Waals surface area contributed by atoms with Crippen LogP contribution < -0.4 is 19.5 Å². The second-order valence-corrected chi connectivity index (χ2v) is 7.67. The Balaban J connectivity index is 1.76. The first-order chi connectivity index (χ1) is 17.4. The number of ether oxygens (including phenoxy) is 4. The summed E-state index contributed by atoms with van der Waals surface area (Å²) in [5.74, 6) is -0.0663. The summed E-state index contributed by atoms with van der Waals surface area (Å²) in [5, 5.41) is 2.68. The number of hydrogen-bond donors (Lipinski definition) is 1. The fraction of sp³-hybridized carbons (Fsp3) is 0.250. The first-order valence-electron chi connectivity index (χ1n) is 11.6. The molecule has 3 aromatic carbocycles. The van der Waals surface area contributed by atoms with Crippen molar-refractivity contribution in [2.75, 3.05) is 25.6 Å². The summed E-state index contributed by atoms with van der Waals surface area (Å²) in [7, 11) is 1.55. The summed E-state index contributed by atoms with van der Waals surface area (Å²) < 4.78 is 21.7. The van der Waals surface area contributed by atoms with Gasteiger partial charge in [0, 0.05) is 16.8 Å². The minimum Gasteiger partial charge on any atom is -0.497 e. The molecule has 1 atom stereocenters. The number of esters is 1. The maximum Gasteiger partial charge on any atom is 0.339 e. The summed E-state index contributed by atoms with van der Waals surface area (Å²) in [4.78, 5) is 38.8. The van der Waals surface area contributed by atoms with Gasteiger partial charge < -0.3 is 24.3 Å². The lowest BCUT2D eigenvalue weighted by Crippen LogP contribution is -2.30. The molecule has 36 heavy (non-hydrogen) atoms. The smallest absolute Gasteiger partial charge is 0.339 e. The number of amides is 1. The highest BCUT2D eigenvalue weighted by molar-refractivity contribution is 6.15. The molecule has 0 aromatic heterocycles. The van der Waals surface area contributed by atoms with Gasteiger partial charge in [-0.05, 0) is 69.3 Å². The summed E-state index contributed by atoms with van der Waals surface area (Å²) in [6.07, 6.45) is -1.10. The Labute approximate surface area is 210 Å². The van der Waals surface area contributed by atoms with E-state index in [4.69, 9.17) is 18.9 Å². The minimum atomic E-state index is -1.10. The Morgan fingerprint density at radius 3 is 2.11 bits per heavy atom. The zero-order valence-electron chi connectivity index (χ0n) is 20.7. The first-order valence-corrected chi connectivity index (χ1v) is 11.6. The van der Waals surface area contributed by atoms with Crippen LogP contribution in [0.15, 0.2) is 66.7 Å². The van der Waals surface area contributed by atoms with Crippen molar-refractivity contribution in [2.45, 2.75) is 26.9 Å². The SMILES string of the molecule is CCOc1ccc(C(=O)c2ccccc2C(=O)OC(C)C(=O)Nc2ccc(OC)cc2)cc1OCC. The molecule has 0 saturated heterocycles. The number of hydrogen-bond acceptors (Lipinski definition) is 7. The Bertz CT molecular complexity index is 1220. The van der Waals surface area contributed by atoms with Gasteiger partial charge in [-0.15, -0.1) is 0 Å². The molecule has 0 aliphatic heterocycles. The molecule has 8 heteroatoms. The lowest BCUT2D eigenvalue weighted by Gasteiger charge is -2.15. The number of ketones is 1. The van der Waals surface area contributed by atoms with Crippen LogP contribution in [0.4, 0.5) is 5.69 Å². The molecule has 0 radical (unpaired) electrons. The lowest BCUT2D eigenvalue weighted by atomic mass is 9.98. The van der Waals surface area contributed by atoms with E-state index in [1.54, 1.807) is 61.7 Å². The number of carbonyl (C=O) groups is 3. The van der Waals surface area contributed by atoms with Gasteiger partial charge in [0.05, 0.1) is 25.9 Å². The van der Waals surface area contributed by atoms with Crippen LogP contribution in [0.3, 0.4) is 0 Å². The molecule has 0 fully saturated rings.